The maximum atomic E-state index is 13.8. The molecule has 3 unspecified atom stereocenters. The Kier molecular flexibility index (Phi) is 6.61. The monoisotopic (exact) mass is 530 g/mol. The summed E-state index contributed by atoms with van der Waals surface area (Å²) in [6.07, 6.45) is 5.66. The summed E-state index contributed by atoms with van der Waals surface area (Å²) in [4.78, 5) is 67.3. The van der Waals surface area contributed by atoms with Crippen LogP contribution in [0.4, 0.5) is 0 Å². The molecule has 2 saturated carbocycles. The molecule has 6 rings (SSSR count). The number of Topliss-reactive ketones (excluding diaryl/α,β-unsaturated/α-hetero) is 1. The van der Waals surface area contributed by atoms with E-state index < -0.39 is 35.6 Å². The molecule has 9 nitrogen and oxygen atoms in total. The van der Waals surface area contributed by atoms with Crippen LogP contribution in [0.2, 0.25) is 0 Å². The molecule has 2 heterocycles. The molecule has 204 valence electrons. The van der Waals surface area contributed by atoms with E-state index in [0.29, 0.717) is 31.5 Å². The number of piperidine rings is 1. The van der Waals surface area contributed by atoms with Gasteiger partial charge in [-0.3, -0.25) is 24.0 Å². The van der Waals surface area contributed by atoms with E-state index in [1.807, 2.05) is 36.4 Å². The van der Waals surface area contributed by atoms with Crippen molar-refractivity contribution in [3.8, 4) is 0 Å². The van der Waals surface area contributed by atoms with Crippen LogP contribution in [0.5, 0.6) is 0 Å². The Hall–Kier alpha value is -3.75. The normalized spacial score (nSPS) is 24.2. The van der Waals surface area contributed by atoms with E-state index in [-0.39, 0.29) is 29.7 Å². The third-order valence-electron chi connectivity index (χ3n) is 8.86. The largest absolute Gasteiger partial charge is 0.356 e. The summed E-state index contributed by atoms with van der Waals surface area (Å²) in [7, 11) is 0. The summed E-state index contributed by atoms with van der Waals surface area (Å²) in [6.45, 7) is 0.960. The van der Waals surface area contributed by atoms with Crippen LogP contribution < -0.4 is 16.0 Å². The molecule has 4 amide bonds. The minimum Gasteiger partial charge on any atom is -0.356 e. The molecule has 2 aromatic rings. The Morgan fingerprint density at radius 1 is 1.00 bits per heavy atom. The van der Waals surface area contributed by atoms with Gasteiger partial charge in [-0.25, -0.2) is 0 Å². The van der Waals surface area contributed by atoms with Crippen molar-refractivity contribution in [3.05, 3.63) is 48.0 Å². The number of nitrogens with one attached hydrogen (secondary N) is 3. The highest BCUT2D eigenvalue weighted by molar-refractivity contribution is 6.38. The topological polar surface area (TPSA) is 125 Å². The van der Waals surface area contributed by atoms with Crippen molar-refractivity contribution in [2.75, 3.05) is 13.1 Å². The van der Waals surface area contributed by atoms with Gasteiger partial charge in [0.05, 0.1) is 6.04 Å². The van der Waals surface area contributed by atoms with Crippen LogP contribution >= 0.6 is 0 Å². The summed E-state index contributed by atoms with van der Waals surface area (Å²) in [5.74, 6) is -2.75. The van der Waals surface area contributed by atoms with Gasteiger partial charge in [0.25, 0.3) is 11.8 Å². The number of carbonyl (C=O) groups excluding carboxylic acids is 5. The first-order chi connectivity index (χ1) is 18.8. The first-order valence-corrected chi connectivity index (χ1v) is 14.0. The number of rotatable bonds is 8. The number of nitrogens with zero attached hydrogens (tertiary/aromatic N) is 1. The predicted molar refractivity (Wildman–Crippen MR) is 144 cm³/mol. The van der Waals surface area contributed by atoms with Crippen molar-refractivity contribution in [1.82, 2.24) is 20.9 Å². The highest BCUT2D eigenvalue weighted by atomic mass is 16.2. The van der Waals surface area contributed by atoms with Crippen LogP contribution in [0.15, 0.2) is 42.5 Å². The Morgan fingerprint density at radius 3 is 2.46 bits per heavy atom. The molecule has 0 radical (unpaired) electrons. The van der Waals surface area contributed by atoms with Crippen molar-refractivity contribution in [3.63, 3.8) is 0 Å². The average molecular weight is 531 g/mol. The number of hydrogen-bond acceptors (Lipinski definition) is 5. The Morgan fingerprint density at radius 2 is 1.77 bits per heavy atom. The molecule has 0 aromatic heterocycles. The smallest absolute Gasteiger partial charge is 0.289 e. The second-order valence-electron chi connectivity index (χ2n) is 11.7. The summed E-state index contributed by atoms with van der Waals surface area (Å²) in [5, 5.41) is 10.3. The lowest BCUT2D eigenvalue weighted by atomic mass is 9.86. The zero-order valence-corrected chi connectivity index (χ0v) is 21.9. The molecule has 2 aliphatic heterocycles. The van der Waals surface area contributed by atoms with E-state index in [2.05, 4.69) is 16.0 Å². The van der Waals surface area contributed by atoms with Crippen LogP contribution in [0.3, 0.4) is 0 Å². The molecular weight excluding hydrogens is 496 g/mol. The van der Waals surface area contributed by atoms with E-state index in [9.17, 15) is 24.0 Å². The molecule has 2 saturated heterocycles. The summed E-state index contributed by atoms with van der Waals surface area (Å²) in [6, 6.07) is 11.5. The van der Waals surface area contributed by atoms with Crippen molar-refractivity contribution in [2.24, 2.45) is 11.3 Å². The van der Waals surface area contributed by atoms with Gasteiger partial charge in [0, 0.05) is 30.6 Å². The number of carbonyl (C=O) groups is 5. The van der Waals surface area contributed by atoms with Crippen molar-refractivity contribution >= 4 is 40.2 Å². The van der Waals surface area contributed by atoms with Gasteiger partial charge in [0.1, 0.15) is 6.04 Å². The number of amides is 4. The van der Waals surface area contributed by atoms with Gasteiger partial charge in [0.2, 0.25) is 17.6 Å². The molecule has 4 fully saturated rings. The summed E-state index contributed by atoms with van der Waals surface area (Å²) in [5.41, 5.74) is 0.563. The first-order valence-electron chi connectivity index (χ1n) is 14.0. The fourth-order valence-electron chi connectivity index (χ4n) is 6.03. The number of benzene rings is 2. The van der Waals surface area contributed by atoms with Gasteiger partial charge >= 0.3 is 0 Å². The molecule has 2 aromatic carbocycles. The summed E-state index contributed by atoms with van der Waals surface area (Å²) < 4.78 is 0. The lowest BCUT2D eigenvalue weighted by Gasteiger charge is -2.39. The zero-order chi connectivity index (χ0) is 27.1. The number of ketones is 1. The van der Waals surface area contributed by atoms with Gasteiger partial charge in [-0.1, -0.05) is 30.3 Å². The third-order valence-corrected chi connectivity index (χ3v) is 8.86. The Labute approximate surface area is 227 Å². The van der Waals surface area contributed by atoms with Gasteiger partial charge in [-0.15, -0.1) is 0 Å². The molecule has 0 bridgehead atoms. The molecular formula is C30H34N4O5. The molecule has 39 heavy (non-hydrogen) atoms. The lowest BCUT2D eigenvalue weighted by Crippen LogP contribution is -2.58. The van der Waals surface area contributed by atoms with E-state index in [1.54, 1.807) is 11.0 Å². The lowest BCUT2D eigenvalue weighted by molar-refractivity contribution is -0.141. The number of fused-ring (bicyclic) bond motifs is 1. The fraction of sp³-hybridized carbons (Fsp3) is 0.500. The highest BCUT2D eigenvalue weighted by Crippen LogP contribution is 2.55. The van der Waals surface area contributed by atoms with Crippen LogP contribution in [0.1, 0.15) is 61.7 Å². The summed E-state index contributed by atoms with van der Waals surface area (Å²) >= 11 is 0. The number of hydrogen-bond donors (Lipinski definition) is 3. The van der Waals surface area contributed by atoms with Gasteiger partial charge in [0.15, 0.2) is 0 Å². The molecule has 2 aliphatic carbocycles. The standard InChI is InChI=1S/C30H34N4O5/c35-25(28(38)32-22-7-8-22)23(16-20-9-13-31-26(20)36)33-27(37)24-17-30(10-11-30)12-14-34(24)29(39)21-6-5-18-3-1-2-4-19(18)15-21/h1-6,15,20,22-24H,7-14,16-17H2,(H,31,36)(H,32,38)(H,33,37). The second-order valence-corrected chi connectivity index (χ2v) is 11.7. The van der Waals surface area contributed by atoms with E-state index in [0.717, 1.165) is 42.9 Å². The maximum absolute atomic E-state index is 13.8. The quantitative estimate of drug-likeness (QED) is 0.451. The SMILES string of the molecule is O=C(NC1CC1)C(=O)C(CC1CCNC1=O)NC(=O)C1CC2(CCN1C(=O)c1ccc3ccccc3c1)CC2. The van der Waals surface area contributed by atoms with Crippen LogP contribution in [-0.4, -0.2) is 65.5 Å². The van der Waals surface area contributed by atoms with Crippen LogP contribution in [0, 0.1) is 11.3 Å². The van der Waals surface area contributed by atoms with E-state index in [1.165, 1.54) is 0 Å². The Bertz CT molecular complexity index is 1350. The minimum atomic E-state index is -1.13. The van der Waals surface area contributed by atoms with Crippen molar-refractivity contribution < 1.29 is 24.0 Å². The molecule has 4 aliphatic rings. The fourth-order valence-corrected chi connectivity index (χ4v) is 6.03. The predicted octanol–water partition coefficient (Wildman–Crippen LogP) is 2.08. The Balaban J connectivity index is 1.23. The third kappa shape index (κ3) is 5.40. The van der Waals surface area contributed by atoms with Gasteiger partial charge < -0.3 is 20.9 Å². The van der Waals surface area contributed by atoms with E-state index in [4.69, 9.17) is 0 Å². The molecule has 3 atom stereocenters. The maximum Gasteiger partial charge on any atom is 0.289 e. The average Bonchev–Trinajstić information content (AvgIpc) is 3.88. The molecule has 9 heteroatoms. The van der Waals surface area contributed by atoms with Gasteiger partial charge in [-0.2, -0.15) is 0 Å². The minimum absolute atomic E-state index is 0.00397. The zero-order valence-electron chi connectivity index (χ0n) is 21.9. The first kappa shape index (κ1) is 25.5. The highest BCUT2D eigenvalue weighted by Gasteiger charge is 2.51. The van der Waals surface area contributed by atoms with Crippen molar-refractivity contribution in [1.29, 1.82) is 0 Å². The number of likely N-dealkylation sites (tertiary alicyclic amines) is 1. The van der Waals surface area contributed by atoms with Crippen LogP contribution in [0.25, 0.3) is 10.8 Å². The molecule has 3 N–H and O–H groups in total. The van der Waals surface area contributed by atoms with E-state index >= 15 is 0 Å². The van der Waals surface area contributed by atoms with Gasteiger partial charge in [-0.05, 0) is 79.7 Å². The van der Waals surface area contributed by atoms with Crippen LogP contribution in [-0.2, 0) is 19.2 Å². The van der Waals surface area contributed by atoms with Crippen molar-refractivity contribution in [2.45, 2.75) is 69.5 Å². The second kappa shape index (κ2) is 10.1. The molecule has 1 spiro atoms.